The molecule has 1 fully saturated rings. The van der Waals surface area contributed by atoms with Crippen molar-refractivity contribution < 1.29 is 10.2 Å². The maximum Gasteiger partial charge on any atom is 0.0695 e. The van der Waals surface area contributed by atoms with Crippen LogP contribution in [0.3, 0.4) is 0 Å². The van der Waals surface area contributed by atoms with E-state index in [2.05, 4.69) is 12.1 Å². The summed E-state index contributed by atoms with van der Waals surface area (Å²) in [4.78, 5) is 0. The van der Waals surface area contributed by atoms with Crippen LogP contribution in [-0.4, -0.2) is 28.2 Å². The van der Waals surface area contributed by atoms with Gasteiger partial charge in [0, 0.05) is 5.25 Å². The molecule has 3 atom stereocenters. The predicted molar refractivity (Wildman–Crippen MR) is 58.3 cm³/mol. The molecule has 1 aliphatic heterocycles. The van der Waals surface area contributed by atoms with Gasteiger partial charge in [-0.25, -0.2) is 0 Å². The highest BCUT2D eigenvalue weighted by Crippen LogP contribution is 2.44. The Morgan fingerprint density at radius 2 is 2.00 bits per heavy atom. The van der Waals surface area contributed by atoms with Crippen molar-refractivity contribution in [2.75, 3.05) is 6.61 Å². The number of benzene rings is 1. The summed E-state index contributed by atoms with van der Waals surface area (Å²) in [5.74, 6) is 0. The van der Waals surface area contributed by atoms with Gasteiger partial charge < -0.3 is 10.2 Å². The maximum absolute atomic E-state index is 9.64. The maximum atomic E-state index is 9.64. The minimum Gasteiger partial charge on any atom is -0.395 e. The van der Waals surface area contributed by atoms with Gasteiger partial charge in [0.25, 0.3) is 0 Å². The van der Waals surface area contributed by atoms with Gasteiger partial charge in [-0.2, -0.15) is 0 Å². The van der Waals surface area contributed by atoms with E-state index in [9.17, 15) is 5.11 Å². The average molecular weight is 210 g/mol. The zero-order valence-electron chi connectivity index (χ0n) is 7.84. The van der Waals surface area contributed by atoms with E-state index < -0.39 is 0 Å². The van der Waals surface area contributed by atoms with Crippen LogP contribution in [0.15, 0.2) is 30.3 Å². The van der Waals surface area contributed by atoms with Gasteiger partial charge in [-0.1, -0.05) is 30.3 Å². The van der Waals surface area contributed by atoms with Crippen LogP contribution in [0.25, 0.3) is 0 Å². The SMILES string of the molecule is OCC1SC(c2ccccc2)CC1O. The lowest BCUT2D eigenvalue weighted by Gasteiger charge is -2.09. The smallest absolute Gasteiger partial charge is 0.0695 e. The van der Waals surface area contributed by atoms with E-state index in [1.165, 1.54) is 5.56 Å². The summed E-state index contributed by atoms with van der Waals surface area (Å²) < 4.78 is 0. The molecule has 3 heteroatoms. The lowest BCUT2D eigenvalue weighted by Crippen LogP contribution is -2.20. The van der Waals surface area contributed by atoms with Crippen LogP contribution in [0.4, 0.5) is 0 Å². The summed E-state index contributed by atoms with van der Waals surface area (Å²) in [5, 5.41) is 19.0. The largest absolute Gasteiger partial charge is 0.395 e. The molecule has 1 aliphatic rings. The molecule has 2 N–H and O–H groups in total. The first-order valence-corrected chi connectivity index (χ1v) is 5.75. The Morgan fingerprint density at radius 3 is 2.57 bits per heavy atom. The third kappa shape index (κ3) is 1.95. The van der Waals surface area contributed by atoms with Gasteiger partial charge in [0.2, 0.25) is 0 Å². The van der Waals surface area contributed by atoms with Crippen LogP contribution >= 0.6 is 11.8 Å². The first kappa shape index (κ1) is 10.0. The van der Waals surface area contributed by atoms with Crippen molar-refractivity contribution in [2.24, 2.45) is 0 Å². The van der Waals surface area contributed by atoms with Gasteiger partial charge in [0.05, 0.1) is 18.0 Å². The summed E-state index contributed by atoms with van der Waals surface area (Å²) >= 11 is 1.67. The summed E-state index contributed by atoms with van der Waals surface area (Å²) in [6.45, 7) is 0.0646. The minimum absolute atomic E-state index is 0.0137. The van der Waals surface area contributed by atoms with E-state index in [0.717, 1.165) is 6.42 Å². The third-order valence-corrected chi connectivity index (χ3v) is 4.18. The molecule has 1 saturated heterocycles. The van der Waals surface area contributed by atoms with E-state index >= 15 is 0 Å². The first-order valence-electron chi connectivity index (χ1n) is 4.80. The van der Waals surface area contributed by atoms with Crippen LogP contribution in [-0.2, 0) is 0 Å². The van der Waals surface area contributed by atoms with Crippen molar-refractivity contribution in [2.45, 2.75) is 23.0 Å². The zero-order chi connectivity index (χ0) is 9.97. The fraction of sp³-hybridized carbons (Fsp3) is 0.455. The van der Waals surface area contributed by atoms with Crippen molar-refractivity contribution in [3.05, 3.63) is 35.9 Å². The van der Waals surface area contributed by atoms with Gasteiger partial charge >= 0.3 is 0 Å². The molecule has 1 aromatic carbocycles. The van der Waals surface area contributed by atoms with Crippen molar-refractivity contribution in [1.82, 2.24) is 0 Å². The second-order valence-corrected chi connectivity index (χ2v) is 5.01. The molecular weight excluding hydrogens is 196 g/mol. The number of rotatable bonds is 2. The van der Waals surface area contributed by atoms with Crippen molar-refractivity contribution in [3.8, 4) is 0 Å². The molecule has 76 valence electrons. The number of aliphatic hydroxyl groups is 2. The molecule has 0 spiro atoms. The molecule has 2 nitrogen and oxygen atoms in total. The van der Waals surface area contributed by atoms with Crippen LogP contribution < -0.4 is 0 Å². The molecule has 2 rings (SSSR count). The van der Waals surface area contributed by atoms with E-state index in [1.54, 1.807) is 11.8 Å². The number of hydrogen-bond donors (Lipinski definition) is 2. The number of hydrogen-bond acceptors (Lipinski definition) is 3. The molecule has 0 bridgehead atoms. The van der Waals surface area contributed by atoms with E-state index in [0.29, 0.717) is 5.25 Å². The molecule has 0 amide bonds. The second kappa shape index (κ2) is 4.34. The van der Waals surface area contributed by atoms with Gasteiger partial charge in [-0.05, 0) is 12.0 Å². The Morgan fingerprint density at radius 1 is 1.29 bits per heavy atom. The Hall–Kier alpha value is -0.510. The highest BCUT2D eigenvalue weighted by Gasteiger charge is 2.33. The van der Waals surface area contributed by atoms with E-state index in [4.69, 9.17) is 5.11 Å². The monoisotopic (exact) mass is 210 g/mol. The van der Waals surface area contributed by atoms with Crippen LogP contribution in [0.5, 0.6) is 0 Å². The molecule has 0 aromatic heterocycles. The summed E-state index contributed by atoms with van der Waals surface area (Å²) in [5.41, 5.74) is 1.24. The van der Waals surface area contributed by atoms with Crippen LogP contribution in [0, 0.1) is 0 Å². The Bertz CT molecular complexity index is 289. The number of thioether (sulfide) groups is 1. The minimum atomic E-state index is -0.366. The molecular formula is C11H14O2S. The third-order valence-electron chi connectivity index (χ3n) is 2.58. The Kier molecular flexibility index (Phi) is 3.11. The Balaban J connectivity index is 2.09. The standard InChI is InChI=1S/C11H14O2S/c12-7-11-9(13)6-10(14-11)8-4-2-1-3-5-8/h1-5,9-13H,6-7H2. The lowest BCUT2D eigenvalue weighted by molar-refractivity contribution is 0.141. The van der Waals surface area contributed by atoms with Gasteiger partial charge in [-0.3, -0.25) is 0 Å². The Labute approximate surface area is 88.0 Å². The van der Waals surface area contributed by atoms with Gasteiger partial charge in [-0.15, -0.1) is 11.8 Å². The quantitative estimate of drug-likeness (QED) is 0.778. The molecule has 0 saturated carbocycles. The fourth-order valence-corrected chi connectivity index (χ4v) is 3.20. The van der Waals surface area contributed by atoms with Crippen LogP contribution in [0.2, 0.25) is 0 Å². The molecule has 0 aliphatic carbocycles. The lowest BCUT2D eigenvalue weighted by atomic mass is 10.1. The van der Waals surface area contributed by atoms with Gasteiger partial charge in [0.15, 0.2) is 0 Å². The molecule has 1 heterocycles. The van der Waals surface area contributed by atoms with Crippen molar-refractivity contribution in [1.29, 1.82) is 0 Å². The van der Waals surface area contributed by atoms with Gasteiger partial charge in [0.1, 0.15) is 0 Å². The highest BCUT2D eigenvalue weighted by molar-refractivity contribution is 8.00. The molecule has 14 heavy (non-hydrogen) atoms. The second-order valence-electron chi connectivity index (χ2n) is 3.56. The fourth-order valence-electron chi connectivity index (χ4n) is 1.78. The molecule has 3 unspecified atom stereocenters. The van der Waals surface area contributed by atoms with E-state index in [1.807, 2.05) is 18.2 Å². The predicted octanol–water partition coefficient (Wildman–Crippen LogP) is 1.59. The normalized spacial score (nSPS) is 32.0. The van der Waals surface area contributed by atoms with Crippen molar-refractivity contribution >= 4 is 11.8 Å². The average Bonchev–Trinajstić information content (AvgIpc) is 2.61. The van der Waals surface area contributed by atoms with E-state index in [-0.39, 0.29) is 18.0 Å². The summed E-state index contributed by atoms with van der Waals surface area (Å²) in [7, 11) is 0. The highest BCUT2D eigenvalue weighted by atomic mass is 32.2. The summed E-state index contributed by atoms with van der Waals surface area (Å²) in [6, 6.07) is 10.2. The van der Waals surface area contributed by atoms with Crippen LogP contribution in [0.1, 0.15) is 17.2 Å². The molecule has 1 aromatic rings. The zero-order valence-corrected chi connectivity index (χ0v) is 8.65. The molecule has 0 radical (unpaired) electrons. The first-order chi connectivity index (χ1) is 6.81. The van der Waals surface area contributed by atoms with Crippen molar-refractivity contribution in [3.63, 3.8) is 0 Å². The number of aliphatic hydroxyl groups excluding tert-OH is 2. The topological polar surface area (TPSA) is 40.5 Å². The summed E-state index contributed by atoms with van der Waals surface area (Å²) in [6.07, 6.45) is 0.384.